The number of rotatable bonds is 3. The molecule has 0 aliphatic rings. The molecule has 0 atom stereocenters. The Morgan fingerprint density at radius 2 is 1.60 bits per heavy atom. The molecule has 75 valence electrons. The summed E-state index contributed by atoms with van der Waals surface area (Å²) in [4.78, 5) is 0. The first kappa shape index (κ1) is 9.94. The lowest BCUT2D eigenvalue weighted by Gasteiger charge is -2.04. The minimum atomic E-state index is 1.08. The van der Waals surface area contributed by atoms with Crippen LogP contribution >= 0.6 is 0 Å². The third-order valence-electron chi connectivity index (χ3n) is 2.25. The lowest BCUT2D eigenvalue weighted by Crippen LogP contribution is -1.85. The van der Waals surface area contributed by atoms with Gasteiger partial charge in [0.2, 0.25) is 0 Å². The van der Waals surface area contributed by atoms with Gasteiger partial charge < -0.3 is 4.74 Å². The molecule has 0 aliphatic heterocycles. The predicted molar refractivity (Wildman–Crippen MR) is 62.3 cm³/mol. The lowest BCUT2D eigenvalue weighted by molar-refractivity contribution is 0.292. The van der Waals surface area contributed by atoms with Crippen LogP contribution in [0.15, 0.2) is 54.6 Å². The second-order valence-electron chi connectivity index (χ2n) is 3.35. The zero-order chi connectivity index (χ0) is 10.5. The van der Waals surface area contributed by atoms with Crippen molar-refractivity contribution in [1.29, 1.82) is 0 Å². The molecule has 0 N–H and O–H groups in total. The van der Waals surface area contributed by atoms with Crippen LogP contribution in [-0.2, 0) is 4.74 Å². The fraction of sp³-hybridized carbons (Fsp3) is 0.0714. The first-order chi connectivity index (χ1) is 7.40. The molecule has 0 aliphatic carbocycles. The van der Waals surface area contributed by atoms with E-state index in [0.717, 1.165) is 5.56 Å². The summed E-state index contributed by atoms with van der Waals surface area (Å²) in [6.45, 7) is 1.74. The van der Waals surface area contributed by atoms with Crippen LogP contribution < -0.4 is 0 Å². The first-order valence-corrected chi connectivity index (χ1v) is 4.91. The molecule has 1 radical (unpaired) electrons. The van der Waals surface area contributed by atoms with Gasteiger partial charge in [-0.2, -0.15) is 0 Å². The van der Waals surface area contributed by atoms with E-state index in [2.05, 4.69) is 24.3 Å². The maximum atomic E-state index is 4.99. The molecule has 1 nitrogen and oxygen atoms in total. The summed E-state index contributed by atoms with van der Waals surface area (Å²) in [5.74, 6) is 0. The molecule has 0 bridgehead atoms. The molecule has 0 unspecified atom stereocenters. The predicted octanol–water partition coefficient (Wildman–Crippen LogP) is 3.51. The lowest BCUT2D eigenvalue weighted by atomic mass is 10.0. The first-order valence-electron chi connectivity index (χ1n) is 4.91. The van der Waals surface area contributed by atoms with Gasteiger partial charge in [-0.3, -0.25) is 0 Å². The van der Waals surface area contributed by atoms with Gasteiger partial charge in [0.15, 0.2) is 0 Å². The van der Waals surface area contributed by atoms with Gasteiger partial charge in [-0.25, -0.2) is 0 Å². The third-order valence-corrected chi connectivity index (χ3v) is 2.25. The van der Waals surface area contributed by atoms with Gasteiger partial charge in [0.1, 0.15) is 6.61 Å². The molecule has 1 heteroatoms. The van der Waals surface area contributed by atoms with E-state index >= 15 is 0 Å². The molecule has 0 heterocycles. The Hall–Kier alpha value is -1.60. The van der Waals surface area contributed by atoms with Crippen LogP contribution in [0.1, 0.15) is 5.56 Å². The molecule has 0 fully saturated rings. The standard InChI is InChI=1S/C14H13O/c1-15-11-12-6-5-9-14(10-12)13-7-3-2-4-8-13/h2-11H,1H3. The maximum absolute atomic E-state index is 4.99. The van der Waals surface area contributed by atoms with Gasteiger partial charge >= 0.3 is 0 Å². The smallest absolute Gasteiger partial charge is 0.112 e. The molecule has 0 aromatic heterocycles. The van der Waals surface area contributed by atoms with Crippen molar-refractivity contribution in [3.05, 3.63) is 66.8 Å². The van der Waals surface area contributed by atoms with E-state index in [9.17, 15) is 0 Å². The van der Waals surface area contributed by atoms with Crippen LogP contribution in [0.5, 0.6) is 0 Å². The zero-order valence-electron chi connectivity index (χ0n) is 8.68. The second kappa shape index (κ2) is 4.76. The van der Waals surface area contributed by atoms with E-state index in [1.54, 1.807) is 13.7 Å². The van der Waals surface area contributed by atoms with E-state index in [1.165, 1.54) is 11.1 Å². The van der Waals surface area contributed by atoms with Crippen molar-refractivity contribution in [3.63, 3.8) is 0 Å². The van der Waals surface area contributed by atoms with Gasteiger partial charge in [-0.15, -0.1) is 0 Å². The van der Waals surface area contributed by atoms with Crippen molar-refractivity contribution in [2.24, 2.45) is 0 Å². The summed E-state index contributed by atoms with van der Waals surface area (Å²) in [6.07, 6.45) is 0. The number of benzene rings is 2. The zero-order valence-corrected chi connectivity index (χ0v) is 8.68. The van der Waals surface area contributed by atoms with Gasteiger partial charge in [-0.1, -0.05) is 48.5 Å². The highest BCUT2D eigenvalue weighted by Crippen LogP contribution is 2.20. The van der Waals surface area contributed by atoms with E-state index in [-0.39, 0.29) is 0 Å². The largest absolute Gasteiger partial charge is 0.374 e. The number of hydrogen-bond acceptors (Lipinski definition) is 1. The fourth-order valence-electron chi connectivity index (χ4n) is 1.56. The molecule has 2 aromatic rings. The van der Waals surface area contributed by atoms with Crippen LogP contribution in [0.25, 0.3) is 11.1 Å². The molecular weight excluding hydrogens is 184 g/mol. The van der Waals surface area contributed by atoms with Crippen molar-refractivity contribution in [2.45, 2.75) is 0 Å². The van der Waals surface area contributed by atoms with Crippen LogP contribution in [0.4, 0.5) is 0 Å². The summed E-state index contributed by atoms with van der Waals surface area (Å²) in [5, 5.41) is 0. The van der Waals surface area contributed by atoms with Crippen LogP contribution in [0.3, 0.4) is 0 Å². The molecule has 2 aromatic carbocycles. The summed E-state index contributed by atoms with van der Waals surface area (Å²) in [6, 6.07) is 18.6. The monoisotopic (exact) mass is 197 g/mol. The van der Waals surface area contributed by atoms with Crippen LogP contribution in [0, 0.1) is 6.61 Å². The Morgan fingerprint density at radius 1 is 0.867 bits per heavy atom. The Labute approximate surface area is 90.3 Å². The van der Waals surface area contributed by atoms with E-state index < -0.39 is 0 Å². The highest BCUT2D eigenvalue weighted by molar-refractivity contribution is 5.64. The summed E-state index contributed by atoms with van der Waals surface area (Å²) < 4.78 is 4.99. The minimum absolute atomic E-state index is 1.08. The van der Waals surface area contributed by atoms with Crippen molar-refractivity contribution in [2.75, 3.05) is 7.11 Å². The normalized spacial score (nSPS) is 10.2. The average Bonchev–Trinajstić information content (AvgIpc) is 2.31. The Bertz CT molecular complexity index is 420. The van der Waals surface area contributed by atoms with Gasteiger partial charge in [0.25, 0.3) is 0 Å². The van der Waals surface area contributed by atoms with Gasteiger partial charge in [-0.05, 0) is 22.8 Å². The van der Waals surface area contributed by atoms with Crippen molar-refractivity contribution >= 4 is 0 Å². The molecule has 0 saturated heterocycles. The van der Waals surface area contributed by atoms with Crippen molar-refractivity contribution in [1.82, 2.24) is 0 Å². The minimum Gasteiger partial charge on any atom is -0.374 e. The van der Waals surface area contributed by atoms with Crippen LogP contribution in [0.2, 0.25) is 0 Å². The summed E-state index contributed by atoms with van der Waals surface area (Å²) in [5.41, 5.74) is 3.52. The second-order valence-corrected chi connectivity index (χ2v) is 3.35. The number of hydrogen-bond donors (Lipinski definition) is 0. The fourth-order valence-corrected chi connectivity index (χ4v) is 1.56. The average molecular weight is 197 g/mol. The molecule has 0 spiro atoms. The van der Waals surface area contributed by atoms with Crippen LogP contribution in [-0.4, -0.2) is 7.11 Å². The Morgan fingerprint density at radius 3 is 2.33 bits per heavy atom. The Balaban J connectivity index is 2.33. The number of ether oxygens (including phenoxy) is 1. The van der Waals surface area contributed by atoms with Gasteiger partial charge in [0, 0.05) is 7.11 Å². The maximum Gasteiger partial charge on any atom is 0.112 e. The molecule has 2 rings (SSSR count). The molecular formula is C14H13O. The number of methoxy groups -OCH3 is 1. The third kappa shape index (κ3) is 2.45. The SMILES string of the molecule is CO[CH]c1cccc(-c2ccccc2)c1. The molecule has 15 heavy (non-hydrogen) atoms. The quantitative estimate of drug-likeness (QED) is 0.731. The van der Waals surface area contributed by atoms with E-state index in [0.29, 0.717) is 0 Å². The summed E-state index contributed by atoms with van der Waals surface area (Å²) >= 11 is 0. The van der Waals surface area contributed by atoms with E-state index in [1.807, 2.05) is 30.3 Å². The van der Waals surface area contributed by atoms with Gasteiger partial charge in [0.05, 0.1) is 0 Å². The topological polar surface area (TPSA) is 9.23 Å². The molecule has 0 amide bonds. The molecule has 0 saturated carbocycles. The van der Waals surface area contributed by atoms with Crippen molar-refractivity contribution < 1.29 is 4.74 Å². The van der Waals surface area contributed by atoms with E-state index in [4.69, 9.17) is 4.74 Å². The highest BCUT2D eigenvalue weighted by atomic mass is 16.5. The van der Waals surface area contributed by atoms with Crippen molar-refractivity contribution in [3.8, 4) is 11.1 Å². The highest BCUT2D eigenvalue weighted by Gasteiger charge is 1.98. The Kier molecular flexibility index (Phi) is 3.15. The summed E-state index contributed by atoms with van der Waals surface area (Å²) in [7, 11) is 1.66.